The summed E-state index contributed by atoms with van der Waals surface area (Å²) in [6, 6.07) is 25.3. The second-order valence-electron chi connectivity index (χ2n) is 5.04. The molecule has 108 valence electrons. The number of benzene rings is 2. The maximum atomic E-state index is 9.73. The highest BCUT2D eigenvalue weighted by Crippen LogP contribution is 2.45. The van der Waals surface area contributed by atoms with Crippen LogP contribution in [0.25, 0.3) is 0 Å². The van der Waals surface area contributed by atoms with Crippen molar-refractivity contribution in [2.75, 3.05) is 0 Å². The van der Waals surface area contributed by atoms with E-state index in [0.717, 1.165) is 0 Å². The maximum absolute atomic E-state index is 9.73. The standard InChI is InChI=1S/C19H12N4/c20-11-17(15-7-3-1-4-8-15)19(13-22,14-23)18(12-21)16-9-5-2-6-10-16/h1-10,17-18H. The Kier molecular flexibility index (Phi) is 4.74. The largest absolute Gasteiger partial charge is 0.198 e. The van der Waals surface area contributed by atoms with Gasteiger partial charge in [-0.15, -0.1) is 0 Å². The predicted molar refractivity (Wildman–Crippen MR) is 83.3 cm³/mol. The number of nitriles is 4. The molecule has 0 aliphatic carbocycles. The van der Waals surface area contributed by atoms with Gasteiger partial charge in [0.1, 0.15) is 11.8 Å². The van der Waals surface area contributed by atoms with E-state index in [1.807, 2.05) is 24.3 Å². The topological polar surface area (TPSA) is 95.2 Å². The number of hydrogen-bond acceptors (Lipinski definition) is 4. The monoisotopic (exact) mass is 296 g/mol. The molecule has 0 saturated carbocycles. The first kappa shape index (κ1) is 15.8. The summed E-state index contributed by atoms with van der Waals surface area (Å²) >= 11 is 0. The lowest BCUT2D eigenvalue weighted by Gasteiger charge is -2.28. The lowest BCUT2D eigenvalue weighted by atomic mass is 9.65. The Morgan fingerprint density at radius 3 is 1.22 bits per heavy atom. The molecule has 2 aromatic rings. The zero-order valence-electron chi connectivity index (χ0n) is 12.2. The summed E-state index contributed by atoms with van der Waals surface area (Å²) in [7, 11) is 0. The van der Waals surface area contributed by atoms with Gasteiger partial charge in [0.15, 0.2) is 5.41 Å². The highest BCUT2D eigenvalue weighted by Gasteiger charge is 2.49. The molecule has 0 spiro atoms. The van der Waals surface area contributed by atoms with Crippen LogP contribution >= 0.6 is 0 Å². The van der Waals surface area contributed by atoms with Crippen molar-refractivity contribution in [1.29, 1.82) is 21.0 Å². The van der Waals surface area contributed by atoms with Gasteiger partial charge < -0.3 is 0 Å². The van der Waals surface area contributed by atoms with Gasteiger partial charge in [0.2, 0.25) is 0 Å². The summed E-state index contributed by atoms with van der Waals surface area (Å²) in [4.78, 5) is 0. The lowest BCUT2D eigenvalue weighted by molar-refractivity contribution is 0.431. The van der Waals surface area contributed by atoms with Crippen LogP contribution < -0.4 is 0 Å². The van der Waals surface area contributed by atoms with Crippen molar-refractivity contribution in [3.05, 3.63) is 71.8 Å². The fraction of sp³-hybridized carbons (Fsp3) is 0.158. The highest BCUT2D eigenvalue weighted by atomic mass is 14.5. The molecule has 0 bridgehead atoms. The minimum atomic E-state index is -1.79. The quantitative estimate of drug-likeness (QED) is 0.860. The van der Waals surface area contributed by atoms with Crippen molar-refractivity contribution in [3.8, 4) is 24.3 Å². The van der Waals surface area contributed by atoms with Crippen LogP contribution in [0.4, 0.5) is 0 Å². The van der Waals surface area contributed by atoms with Crippen LogP contribution in [0.15, 0.2) is 60.7 Å². The van der Waals surface area contributed by atoms with E-state index in [4.69, 9.17) is 0 Å². The summed E-state index contributed by atoms with van der Waals surface area (Å²) in [6.45, 7) is 0. The fourth-order valence-electron chi connectivity index (χ4n) is 2.62. The molecule has 0 amide bonds. The van der Waals surface area contributed by atoms with Crippen LogP contribution in [0.5, 0.6) is 0 Å². The molecule has 0 aromatic heterocycles. The Morgan fingerprint density at radius 1 is 0.609 bits per heavy atom. The fourth-order valence-corrected chi connectivity index (χ4v) is 2.62. The smallest absolute Gasteiger partial charge is 0.183 e. The van der Waals surface area contributed by atoms with E-state index >= 15 is 0 Å². The van der Waals surface area contributed by atoms with Gasteiger partial charge in [-0.1, -0.05) is 60.7 Å². The van der Waals surface area contributed by atoms with Gasteiger partial charge in [-0.25, -0.2) is 0 Å². The average Bonchev–Trinajstić information content (AvgIpc) is 2.63. The first-order valence-electron chi connectivity index (χ1n) is 6.95. The molecular formula is C19H12N4. The zero-order valence-corrected chi connectivity index (χ0v) is 12.2. The second kappa shape index (κ2) is 6.91. The third-order valence-electron chi connectivity index (χ3n) is 3.80. The van der Waals surface area contributed by atoms with Crippen molar-refractivity contribution >= 4 is 0 Å². The molecule has 4 nitrogen and oxygen atoms in total. The molecule has 0 aliphatic rings. The summed E-state index contributed by atoms with van der Waals surface area (Å²) in [5.74, 6) is -2.05. The summed E-state index contributed by atoms with van der Waals surface area (Å²) < 4.78 is 0. The molecule has 2 atom stereocenters. The minimum Gasteiger partial charge on any atom is -0.198 e. The molecular weight excluding hydrogens is 284 g/mol. The Bertz CT molecular complexity index is 756. The normalized spacial score (nSPS) is 12.7. The summed E-state index contributed by atoms with van der Waals surface area (Å²) in [6.07, 6.45) is 0. The first-order valence-corrected chi connectivity index (χ1v) is 6.95. The Labute approximate surface area is 135 Å². The molecule has 0 aliphatic heterocycles. The van der Waals surface area contributed by atoms with E-state index in [1.165, 1.54) is 0 Å². The zero-order chi connectivity index (χ0) is 16.7. The molecule has 0 fully saturated rings. The van der Waals surface area contributed by atoms with Crippen molar-refractivity contribution in [3.63, 3.8) is 0 Å². The van der Waals surface area contributed by atoms with Crippen molar-refractivity contribution in [2.45, 2.75) is 11.8 Å². The van der Waals surface area contributed by atoms with Gasteiger partial charge >= 0.3 is 0 Å². The van der Waals surface area contributed by atoms with Crippen LogP contribution in [-0.2, 0) is 0 Å². The Balaban J connectivity index is 2.64. The van der Waals surface area contributed by atoms with Crippen molar-refractivity contribution < 1.29 is 0 Å². The minimum absolute atomic E-state index is 0.550. The van der Waals surface area contributed by atoms with E-state index in [-0.39, 0.29) is 0 Å². The first-order chi connectivity index (χ1) is 11.2. The van der Waals surface area contributed by atoms with Gasteiger partial charge in [-0.2, -0.15) is 21.0 Å². The molecule has 2 unspecified atom stereocenters. The number of hydrogen-bond donors (Lipinski definition) is 0. The van der Waals surface area contributed by atoms with E-state index < -0.39 is 17.3 Å². The second-order valence-corrected chi connectivity index (χ2v) is 5.04. The predicted octanol–water partition coefficient (Wildman–Crippen LogP) is 3.63. The molecule has 23 heavy (non-hydrogen) atoms. The SMILES string of the molecule is N#CC(c1ccccc1)C(C#N)(C#N)C(C#N)c1ccccc1. The third kappa shape index (κ3) is 2.75. The van der Waals surface area contributed by atoms with Gasteiger partial charge in [0.05, 0.1) is 24.3 Å². The van der Waals surface area contributed by atoms with E-state index in [2.05, 4.69) is 0 Å². The molecule has 0 saturated heterocycles. The molecule has 4 heteroatoms. The van der Waals surface area contributed by atoms with Gasteiger partial charge in [0, 0.05) is 0 Å². The van der Waals surface area contributed by atoms with Crippen LogP contribution in [-0.4, -0.2) is 0 Å². The number of rotatable bonds is 4. The molecule has 0 radical (unpaired) electrons. The van der Waals surface area contributed by atoms with Crippen LogP contribution in [0.3, 0.4) is 0 Å². The molecule has 2 rings (SSSR count). The molecule has 0 heterocycles. The molecule has 2 aromatic carbocycles. The Morgan fingerprint density at radius 2 is 0.957 bits per heavy atom. The number of nitrogens with zero attached hydrogens (tertiary/aromatic N) is 4. The summed E-state index contributed by atoms with van der Waals surface area (Å²) in [5, 5.41) is 38.7. The van der Waals surface area contributed by atoms with Crippen LogP contribution in [0.1, 0.15) is 23.0 Å². The van der Waals surface area contributed by atoms with E-state index in [1.54, 1.807) is 60.7 Å². The maximum Gasteiger partial charge on any atom is 0.183 e. The van der Waals surface area contributed by atoms with Crippen molar-refractivity contribution in [1.82, 2.24) is 0 Å². The lowest BCUT2D eigenvalue weighted by Crippen LogP contribution is -2.32. The summed E-state index contributed by atoms with van der Waals surface area (Å²) in [5.41, 5.74) is -0.685. The van der Waals surface area contributed by atoms with E-state index in [0.29, 0.717) is 11.1 Å². The highest BCUT2D eigenvalue weighted by molar-refractivity contribution is 5.44. The van der Waals surface area contributed by atoms with Gasteiger partial charge in [0.25, 0.3) is 0 Å². The molecule has 0 N–H and O–H groups in total. The van der Waals surface area contributed by atoms with Crippen LogP contribution in [0.2, 0.25) is 0 Å². The van der Waals surface area contributed by atoms with Gasteiger partial charge in [-0.05, 0) is 11.1 Å². The average molecular weight is 296 g/mol. The third-order valence-corrected chi connectivity index (χ3v) is 3.80. The Hall–Kier alpha value is -3.60. The van der Waals surface area contributed by atoms with E-state index in [9.17, 15) is 21.0 Å². The van der Waals surface area contributed by atoms with Gasteiger partial charge in [-0.3, -0.25) is 0 Å². The van der Waals surface area contributed by atoms with Crippen molar-refractivity contribution in [2.24, 2.45) is 5.41 Å². The van der Waals surface area contributed by atoms with Crippen LogP contribution in [0, 0.1) is 50.7 Å².